The highest BCUT2D eigenvalue weighted by Gasteiger charge is 2.18. The summed E-state index contributed by atoms with van der Waals surface area (Å²) in [7, 11) is 0. The predicted octanol–water partition coefficient (Wildman–Crippen LogP) is 10.7. The van der Waals surface area contributed by atoms with Crippen LogP contribution in [0.2, 0.25) is 0 Å². The van der Waals surface area contributed by atoms with Gasteiger partial charge in [-0.3, -0.25) is 0 Å². The molecule has 4 nitrogen and oxygen atoms in total. The lowest BCUT2D eigenvalue weighted by molar-refractivity contribution is 0.668. The van der Waals surface area contributed by atoms with Gasteiger partial charge < -0.3 is 19.1 Å². The first-order valence-electron chi connectivity index (χ1n) is 14.6. The molecule has 0 unspecified atom stereocenters. The van der Waals surface area contributed by atoms with Gasteiger partial charge in [0.25, 0.3) is 0 Å². The van der Waals surface area contributed by atoms with E-state index in [1.54, 1.807) is 0 Å². The quantitative estimate of drug-likeness (QED) is 0.235. The van der Waals surface area contributed by atoms with Gasteiger partial charge in [-0.2, -0.15) is 0 Å². The van der Waals surface area contributed by atoms with Crippen LogP contribution >= 0.6 is 0 Å². The molecule has 1 N–H and O–H groups in total. The molecule has 8 aromatic rings. The van der Waals surface area contributed by atoms with Crippen molar-refractivity contribution in [3.05, 3.63) is 145 Å². The summed E-state index contributed by atoms with van der Waals surface area (Å²) in [6.07, 6.45) is 4.14. The van der Waals surface area contributed by atoms with Gasteiger partial charge in [0.2, 0.25) is 0 Å². The Kier molecular flexibility index (Phi) is 5.23. The van der Waals surface area contributed by atoms with E-state index in [9.17, 15) is 0 Å². The van der Waals surface area contributed by atoms with E-state index >= 15 is 0 Å². The molecule has 4 heteroatoms. The Morgan fingerprint density at radius 1 is 0.512 bits per heavy atom. The lowest BCUT2D eigenvalue weighted by atomic mass is 9.97. The van der Waals surface area contributed by atoms with E-state index in [0.29, 0.717) is 0 Å². The number of benzene rings is 6. The van der Waals surface area contributed by atoms with Crippen molar-refractivity contribution >= 4 is 67.0 Å². The molecule has 0 fully saturated rings. The molecule has 0 aliphatic carbocycles. The molecular formula is C39H26N2O2. The minimum atomic E-state index is 0.808. The number of rotatable bonds is 4. The van der Waals surface area contributed by atoms with Crippen molar-refractivity contribution in [2.75, 3.05) is 4.90 Å². The van der Waals surface area contributed by atoms with Crippen molar-refractivity contribution < 1.29 is 8.83 Å². The summed E-state index contributed by atoms with van der Waals surface area (Å²) in [6, 6.07) is 44.7. The number of nitrogens with zero attached hydrogens (tertiary/aromatic N) is 1. The molecule has 2 aromatic heterocycles. The first-order valence-corrected chi connectivity index (χ1v) is 14.6. The number of hydrogen-bond donors (Lipinski definition) is 1. The van der Waals surface area contributed by atoms with Gasteiger partial charge in [-0.1, -0.05) is 60.7 Å². The second-order valence-electron chi connectivity index (χ2n) is 11.0. The molecule has 1 aliphatic rings. The first-order chi connectivity index (χ1) is 21.3. The van der Waals surface area contributed by atoms with Crippen LogP contribution in [0.4, 0.5) is 17.1 Å². The van der Waals surface area contributed by atoms with Crippen LogP contribution in [-0.4, -0.2) is 0 Å². The zero-order valence-electron chi connectivity index (χ0n) is 23.2. The van der Waals surface area contributed by atoms with Gasteiger partial charge in [-0.05, 0) is 101 Å². The number of para-hydroxylation sites is 2. The SMILES string of the molecule is C1=Cc2ccc3oc4cc(-c5ccc(N(c6ccccc6)c6ccc7oc8ccccc8c7c6)cc5)ccc4c3c2CN1. The fraction of sp³-hybridized carbons (Fsp3) is 0.0256. The average molecular weight is 555 g/mol. The van der Waals surface area contributed by atoms with Crippen molar-refractivity contribution in [2.45, 2.75) is 6.54 Å². The number of nitrogens with one attached hydrogen (secondary N) is 1. The maximum atomic E-state index is 6.35. The maximum Gasteiger partial charge on any atom is 0.136 e. The fourth-order valence-corrected chi connectivity index (χ4v) is 6.47. The van der Waals surface area contributed by atoms with E-state index in [0.717, 1.165) is 73.2 Å². The molecule has 1 aliphatic heterocycles. The summed E-state index contributed by atoms with van der Waals surface area (Å²) < 4.78 is 12.5. The number of furan rings is 2. The Labute approximate surface area is 248 Å². The third kappa shape index (κ3) is 3.84. The number of anilines is 3. The van der Waals surface area contributed by atoms with Gasteiger partial charge in [0.1, 0.15) is 22.3 Å². The summed E-state index contributed by atoms with van der Waals surface area (Å²) >= 11 is 0. The van der Waals surface area contributed by atoms with Gasteiger partial charge in [0.15, 0.2) is 0 Å². The highest BCUT2D eigenvalue weighted by molar-refractivity contribution is 6.09. The van der Waals surface area contributed by atoms with Crippen LogP contribution in [0.5, 0.6) is 0 Å². The van der Waals surface area contributed by atoms with Crippen LogP contribution < -0.4 is 10.2 Å². The normalized spacial score (nSPS) is 12.7. The van der Waals surface area contributed by atoms with Gasteiger partial charge in [-0.25, -0.2) is 0 Å². The Morgan fingerprint density at radius 2 is 1.23 bits per heavy atom. The topological polar surface area (TPSA) is 41.6 Å². The Bertz CT molecular complexity index is 2340. The summed E-state index contributed by atoms with van der Waals surface area (Å²) in [5.74, 6) is 0. The van der Waals surface area contributed by atoms with E-state index in [1.165, 1.54) is 16.5 Å². The smallest absolute Gasteiger partial charge is 0.136 e. The first kappa shape index (κ1) is 23.9. The molecule has 0 amide bonds. The lowest BCUT2D eigenvalue weighted by Gasteiger charge is -2.25. The van der Waals surface area contributed by atoms with Gasteiger partial charge >= 0.3 is 0 Å². The second kappa shape index (κ2) is 9.40. The number of fused-ring (bicyclic) bond motifs is 8. The monoisotopic (exact) mass is 554 g/mol. The lowest BCUT2D eigenvalue weighted by Crippen LogP contribution is -2.10. The largest absolute Gasteiger partial charge is 0.456 e. The molecule has 0 atom stereocenters. The van der Waals surface area contributed by atoms with Gasteiger partial charge in [-0.15, -0.1) is 0 Å². The summed E-state index contributed by atoms with van der Waals surface area (Å²) in [5, 5.41) is 7.93. The van der Waals surface area contributed by atoms with Crippen LogP contribution in [0.3, 0.4) is 0 Å². The molecule has 0 radical (unpaired) electrons. The zero-order chi connectivity index (χ0) is 28.3. The summed E-state index contributed by atoms with van der Waals surface area (Å²) in [5.41, 5.74) is 11.7. The third-order valence-corrected chi connectivity index (χ3v) is 8.53. The van der Waals surface area contributed by atoms with Crippen LogP contribution in [0.1, 0.15) is 11.1 Å². The van der Waals surface area contributed by atoms with Gasteiger partial charge in [0, 0.05) is 45.2 Å². The fourth-order valence-electron chi connectivity index (χ4n) is 6.47. The van der Waals surface area contributed by atoms with E-state index in [2.05, 4.69) is 132 Å². The summed E-state index contributed by atoms with van der Waals surface area (Å²) in [4.78, 5) is 2.29. The predicted molar refractivity (Wildman–Crippen MR) is 177 cm³/mol. The minimum Gasteiger partial charge on any atom is -0.456 e. The van der Waals surface area contributed by atoms with E-state index in [1.807, 2.05) is 18.3 Å². The van der Waals surface area contributed by atoms with E-state index < -0.39 is 0 Å². The Balaban J connectivity index is 1.12. The Hall–Kier alpha value is -5.74. The van der Waals surface area contributed by atoms with Crippen molar-refractivity contribution in [2.24, 2.45) is 0 Å². The van der Waals surface area contributed by atoms with Crippen LogP contribution in [0, 0.1) is 0 Å². The number of hydrogen-bond acceptors (Lipinski definition) is 4. The van der Waals surface area contributed by atoms with E-state index in [4.69, 9.17) is 8.83 Å². The van der Waals surface area contributed by atoms with Gasteiger partial charge in [0.05, 0.1) is 0 Å². The second-order valence-corrected chi connectivity index (χ2v) is 11.0. The summed E-state index contributed by atoms with van der Waals surface area (Å²) in [6.45, 7) is 0.808. The molecule has 3 heterocycles. The molecule has 6 aromatic carbocycles. The standard InChI is InChI=1S/C39H26N2O2/c1-2-6-28(7-3-1)41(30-16-19-36-33(23-30)31-8-4-5-9-35(31)42-36)29-14-10-25(11-15-29)27-12-17-32-38(22-27)43-37-18-13-26-20-21-40-24-34(26)39(32)37/h1-23,40H,24H2. The molecule has 204 valence electrons. The highest BCUT2D eigenvalue weighted by Crippen LogP contribution is 2.40. The van der Waals surface area contributed by atoms with Crippen molar-refractivity contribution in [3.63, 3.8) is 0 Å². The molecule has 0 saturated heterocycles. The molecular weight excluding hydrogens is 528 g/mol. The molecule has 0 spiro atoms. The van der Waals surface area contributed by atoms with Crippen molar-refractivity contribution in [3.8, 4) is 11.1 Å². The van der Waals surface area contributed by atoms with Crippen LogP contribution in [-0.2, 0) is 6.54 Å². The Morgan fingerprint density at radius 3 is 2.14 bits per heavy atom. The van der Waals surface area contributed by atoms with Crippen molar-refractivity contribution in [1.82, 2.24) is 5.32 Å². The molecule has 0 bridgehead atoms. The van der Waals surface area contributed by atoms with Crippen LogP contribution in [0.15, 0.2) is 142 Å². The minimum absolute atomic E-state index is 0.808. The van der Waals surface area contributed by atoms with Crippen LogP contribution in [0.25, 0.3) is 61.1 Å². The third-order valence-electron chi connectivity index (χ3n) is 8.53. The van der Waals surface area contributed by atoms with E-state index in [-0.39, 0.29) is 0 Å². The molecule has 9 rings (SSSR count). The average Bonchev–Trinajstić information content (AvgIpc) is 3.64. The zero-order valence-corrected chi connectivity index (χ0v) is 23.2. The highest BCUT2D eigenvalue weighted by atomic mass is 16.3. The maximum absolute atomic E-state index is 6.35. The van der Waals surface area contributed by atoms with Crippen molar-refractivity contribution in [1.29, 1.82) is 0 Å². The molecule has 43 heavy (non-hydrogen) atoms. The molecule has 0 saturated carbocycles.